The molecule has 0 saturated heterocycles. The van der Waals surface area contributed by atoms with E-state index in [4.69, 9.17) is 4.74 Å². The highest BCUT2D eigenvalue weighted by Gasteiger charge is 2.66. The molecule has 4 aliphatic rings. The van der Waals surface area contributed by atoms with Gasteiger partial charge in [-0.1, -0.05) is 25.5 Å². The van der Waals surface area contributed by atoms with E-state index in [9.17, 15) is 24.3 Å². The lowest BCUT2D eigenvalue weighted by atomic mass is 9.46. The Morgan fingerprint density at radius 2 is 1.85 bits per heavy atom. The fourth-order valence-corrected chi connectivity index (χ4v) is 8.37. The van der Waals surface area contributed by atoms with Crippen LogP contribution in [-0.4, -0.2) is 45.7 Å². The van der Waals surface area contributed by atoms with Crippen LogP contribution in [0.15, 0.2) is 36.0 Å². The van der Waals surface area contributed by atoms with Crippen LogP contribution in [0.5, 0.6) is 0 Å². The maximum Gasteiger partial charge on any atom is 0.306 e. The summed E-state index contributed by atoms with van der Waals surface area (Å²) in [5, 5.41) is 14.5. The van der Waals surface area contributed by atoms with Crippen LogP contribution >= 0.6 is 0 Å². The van der Waals surface area contributed by atoms with Crippen molar-refractivity contribution in [2.24, 2.45) is 28.6 Å². The molecule has 2 N–H and O–H groups in total. The highest BCUT2D eigenvalue weighted by atomic mass is 16.5. The SMILES string of the molecule is C[C@]12CC[C@@H]3[C@H](CCC4=CC(=O)CC[C@]43C)[C@H]1CC[C@@]2(O)C(=O)COC(=O)CCC(=O)NCc1ccccn1. The van der Waals surface area contributed by atoms with Gasteiger partial charge in [0.25, 0.3) is 0 Å². The van der Waals surface area contributed by atoms with E-state index >= 15 is 0 Å². The van der Waals surface area contributed by atoms with Gasteiger partial charge in [0, 0.05) is 24.5 Å². The number of carbonyl (C=O) groups excluding carboxylic acids is 4. The third kappa shape index (κ3) is 4.96. The van der Waals surface area contributed by atoms with Crippen LogP contribution in [0, 0.1) is 28.6 Å². The molecule has 0 radical (unpaired) electrons. The van der Waals surface area contributed by atoms with E-state index in [-0.39, 0.29) is 42.4 Å². The number of amides is 1. The Balaban J connectivity index is 1.15. The third-order valence-electron chi connectivity index (χ3n) is 10.7. The molecule has 8 nitrogen and oxygen atoms in total. The summed E-state index contributed by atoms with van der Waals surface area (Å²) in [7, 11) is 0. The van der Waals surface area contributed by atoms with Crippen LogP contribution in [0.1, 0.15) is 83.7 Å². The minimum absolute atomic E-state index is 0.0301. The summed E-state index contributed by atoms with van der Waals surface area (Å²) in [5.74, 6) is -0.0379. The van der Waals surface area contributed by atoms with Crippen molar-refractivity contribution in [3.05, 3.63) is 41.7 Å². The Morgan fingerprint density at radius 3 is 2.62 bits per heavy atom. The summed E-state index contributed by atoms with van der Waals surface area (Å²) in [6.45, 7) is 4.16. The number of nitrogens with one attached hydrogen (secondary N) is 1. The monoisotopic (exact) mass is 536 g/mol. The highest BCUT2D eigenvalue weighted by molar-refractivity contribution is 5.92. The molecule has 1 aromatic heterocycles. The predicted molar refractivity (Wildman–Crippen MR) is 143 cm³/mol. The second-order valence-corrected chi connectivity index (χ2v) is 12.5. The number of fused-ring (bicyclic) bond motifs is 5. The van der Waals surface area contributed by atoms with Crippen molar-refractivity contribution in [2.45, 2.75) is 90.2 Å². The van der Waals surface area contributed by atoms with Crippen molar-refractivity contribution in [3.63, 3.8) is 0 Å². The standard InChI is InChI=1S/C31H40N2O6/c1-29-13-10-22(34)17-20(29)6-7-23-24(29)11-14-30(2)25(23)12-15-31(30,38)26(35)19-39-28(37)9-8-27(36)33-18-21-5-3-4-16-32-21/h3-5,16-17,23-25,38H,6-15,18-19H2,1-2H3,(H,33,36)/t23-,24+,25+,29+,30-,31+/m0/s1. The average molecular weight is 537 g/mol. The summed E-state index contributed by atoms with van der Waals surface area (Å²) in [6, 6.07) is 5.42. The van der Waals surface area contributed by atoms with E-state index in [1.165, 1.54) is 5.57 Å². The van der Waals surface area contributed by atoms with E-state index in [1.54, 1.807) is 18.3 Å². The third-order valence-corrected chi connectivity index (χ3v) is 10.7. The molecule has 0 aromatic carbocycles. The molecule has 1 aromatic rings. The minimum Gasteiger partial charge on any atom is -0.458 e. The van der Waals surface area contributed by atoms with Crippen LogP contribution in [0.3, 0.4) is 0 Å². The van der Waals surface area contributed by atoms with Crippen molar-refractivity contribution in [1.29, 1.82) is 0 Å². The average Bonchev–Trinajstić information content (AvgIpc) is 3.21. The second kappa shape index (κ2) is 10.6. The van der Waals surface area contributed by atoms with E-state index in [1.807, 2.05) is 19.1 Å². The molecule has 0 bridgehead atoms. The van der Waals surface area contributed by atoms with Crippen LogP contribution in [0.25, 0.3) is 0 Å². The molecular weight excluding hydrogens is 496 g/mol. The number of hydrogen-bond donors (Lipinski definition) is 2. The molecule has 5 rings (SSSR count). The number of aromatic nitrogens is 1. The molecular formula is C31H40N2O6. The molecule has 6 atom stereocenters. The summed E-state index contributed by atoms with van der Waals surface area (Å²) in [5.41, 5.74) is -0.0429. The zero-order valence-electron chi connectivity index (χ0n) is 23.0. The Hall–Kier alpha value is -2.87. The molecule has 1 amide bonds. The molecule has 210 valence electrons. The lowest BCUT2D eigenvalue weighted by Gasteiger charge is -2.58. The van der Waals surface area contributed by atoms with Gasteiger partial charge in [0.1, 0.15) is 5.60 Å². The first-order valence-corrected chi connectivity index (χ1v) is 14.4. The van der Waals surface area contributed by atoms with Gasteiger partial charge in [-0.25, -0.2) is 0 Å². The number of aliphatic hydroxyl groups is 1. The second-order valence-electron chi connectivity index (χ2n) is 12.5. The number of hydrogen-bond acceptors (Lipinski definition) is 7. The number of nitrogens with zero attached hydrogens (tertiary/aromatic N) is 1. The van der Waals surface area contributed by atoms with E-state index in [0.717, 1.165) is 44.2 Å². The molecule has 1 heterocycles. The summed E-state index contributed by atoms with van der Waals surface area (Å²) >= 11 is 0. The van der Waals surface area contributed by atoms with Crippen LogP contribution in [-0.2, 0) is 30.5 Å². The van der Waals surface area contributed by atoms with Gasteiger partial charge in [-0.15, -0.1) is 0 Å². The number of Topliss-reactive ketones (excluding diaryl/α,β-unsaturated/α-hetero) is 1. The minimum atomic E-state index is -1.53. The zero-order valence-corrected chi connectivity index (χ0v) is 23.0. The van der Waals surface area contributed by atoms with E-state index < -0.39 is 29.4 Å². The van der Waals surface area contributed by atoms with Gasteiger partial charge < -0.3 is 15.2 Å². The number of pyridine rings is 1. The summed E-state index contributed by atoms with van der Waals surface area (Å²) < 4.78 is 5.24. The number of carbonyl (C=O) groups is 4. The van der Waals surface area contributed by atoms with Crippen molar-refractivity contribution < 1.29 is 29.0 Å². The van der Waals surface area contributed by atoms with Gasteiger partial charge in [0.05, 0.1) is 18.7 Å². The molecule has 4 aliphatic carbocycles. The number of ketones is 2. The first-order valence-electron chi connectivity index (χ1n) is 14.4. The van der Waals surface area contributed by atoms with Gasteiger partial charge in [-0.2, -0.15) is 0 Å². The van der Waals surface area contributed by atoms with Gasteiger partial charge in [0.2, 0.25) is 11.7 Å². The normalized spacial score (nSPS) is 35.2. The maximum atomic E-state index is 13.4. The molecule has 0 aliphatic heterocycles. The Bertz CT molecular complexity index is 1180. The quantitative estimate of drug-likeness (QED) is 0.484. The van der Waals surface area contributed by atoms with Crippen LogP contribution in [0.4, 0.5) is 0 Å². The largest absolute Gasteiger partial charge is 0.458 e. The molecule has 0 spiro atoms. The Kier molecular flexibility index (Phi) is 7.53. The zero-order chi connectivity index (χ0) is 27.8. The first kappa shape index (κ1) is 27.7. The molecule has 3 fully saturated rings. The Morgan fingerprint density at radius 1 is 1.05 bits per heavy atom. The summed E-state index contributed by atoms with van der Waals surface area (Å²) in [4.78, 5) is 54.0. The van der Waals surface area contributed by atoms with Crippen molar-refractivity contribution in [3.8, 4) is 0 Å². The van der Waals surface area contributed by atoms with E-state index in [2.05, 4.69) is 17.2 Å². The van der Waals surface area contributed by atoms with E-state index in [0.29, 0.717) is 24.7 Å². The molecule has 39 heavy (non-hydrogen) atoms. The topological polar surface area (TPSA) is 123 Å². The van der Waals surface area contributed by atoms with Gasteiger partial charge in [-0.3, -0.25) is 24.2 Å². The van der Waals surface area contributed by atoms with Crippen LogP contribution < -0.4 is 5.32 Å². The van der Waals surface area contributed by atoms with Crippen LogP contribution in [0.2, 0.25) is 0 Å². The van der Waals surface area contributed by atoms with Gasteiger partial charge in [-0.05, 0) is 86.3 Å². The lowest BCUT2D eigenvalue weighted by Crippen LogP contribution is -2.58. The number of allylic oxidation sites excluding steroid dienone is 1. The lowest BCUT2D eigenvalue weighted by molar-refractivity contribution is -0.170. The molecule has 8 heteroatoms. The fraction of sp³-hybridized carbons (Fsp3) is 0.645. The molecule has 0 unspecified atom stereocenters. The van der Waals surface area contributed by atoms with Crippen molar-refractivity contribution in [1.82, 2.24) is 10.3 Å². The predicted octanol–water partition coefficient (Wildman–Crippen LogP) is 3.85. The Labute approximate surface area is 230 Å². The van der Waals surface area contributed by atoms with Gasteiger partial charge >= 0.3 is 5.97 Å². The van der Waals surface area contributed by atoms with Gasteiger partial charge in [0.15, 0.2) is 12.4 Å². The first-order chi connectivity index (χ1) is 18.6. The number of rotatable bonds is 8. The maximum absolute atomic E-state index is 13.4. The highest BCUT2D eigenvalue weighted by Crippen LogP contribution is 2.67. The number of ether oxygens (including phenoxy) is 1. The number of esters is 1. The summed E-state index contributed by atoms with van der Waals surface area (Å²) in [6.07, 6.45) is 9.55. The van der Waals surface area contributed by atoms with Crippen molar-refractivity contribution in [2.75, 3.05) is 6.61 Å². The van der Waals surface area contributed by atoms with Crippen molar-refractivity contribution >= 4 is 23.4 Å². The molecule has 3 saturated carbocycles. The fourth-order valence-electron chi connectivity index (χ4n) is 8.37. The smallest absolute Gasteiger partial charge is 0.306 e.